The highest BCUT2D eigenvalue weighted by Crippen LogP contribution is 2.30. The topological polar surface area (TPSA) is 90.0 Å². The molecule has 2 atom stereocenters. The number of rotatable bonds is 6. The summed E-state index contributed by atoms with van der Waals surface area (Å²) < 4.78 is 36.1. The molecule has 8 heteroatoms. The van der Waals surface area contributed by atoms with Gasteiger partial charge in [-0.2, -0.15) is 0 Å². The Morgan fingerprint density at radius 2 is 1.39 bits per heavy atom. The highest BCUT2D eigenvalue weighted by atomic mass is 32.2. The van der Waals surface area contributed by atoms with Gasteiger partial charge in [0.2, 0.25) is 0 Å². The van der Waals surface area contributed by atoms with Crippen LogP contribution in [0.15, 0.2) is 84.9 Å². The molecule has 1 aliphatic rings. The van der Waals surface area contributed by atoms with Crippen LogP contribution in [0.2, 0.25) is 0 Å². The van der Waals surface area contributed by atoms with Crippen LogP contribution in [-0.4, -0.2) is 51.1 Å². The van der Waals surface area contributed by atoms with Gasteiger partial charge in [-0.15, -0.1) is 0 Å². The predicted molar refractivity (Wildman–Crippen MR) is 124 cm³/mol. The van der Waals surface area contributed by atoms with Crippen molar-refractivity contribution < 1.29 is 27.5 Å². The summed E-state index contributed by atoms with van der Waals surface area (Å²) in [6, 6.07) is 22.8. The first-order chi connectivity index (χ1) is 15.9. The molecule has 4 rings (SSSR count). The van der Waals surface area contributed by atoms with E-state index in [1.807, 2.05) is 0 Å². The Kier molecular flexibility index (Phi) is 6.46. The largest absolute Gasteiger partial charge is 0.497 e. The lowest BCUT2D eigenvalue weighted by Crippen LogP contribution is -2.48. The molecule has 0 radical (unpaired) electrons. The van der Waals surface area contributed by atoms with E-state index in [9.17, 15) is 18.0 Å². The standard InChI is InChI=1S/C25H23NO6S/c1-31-21-14-12-20(13-15-21)26(24(27)18-8-4-2-5-9-18)22-16-33(29,30)17-23(22)32-25(28)19-10-6-3-7-11-19/h2-15,22-23H,16-17H2,1H3/t22-,23+/m0/s1. The predicted octanol–water partition coefficient (Wildman–Crippen LogP) is 3.36. The Balaban J connectivity index is 1.72. The van der Waals surface area contributed by atoms with Gasteiger partial charge in [0.05, 0.1) is 30.2 Å². The minimum atomic E-state index is -3.55. The van der Waals surface area contributed by atoms with Crippen LogP contribution < -0.4 is 9.64 Å². The molecule has 0 spiro atoms. The molecule has 1 aliphatic heterocycles. The minimum absolute atomic E-state index is 0.311. The number of hydrogen-bond acceptors (Lipinski definition) is 6. The second kappa shape index (κ2) is 9.46. The molecular weight excluding hydrogens is 442 g/mol. The summed E-state index contributed by atoms with van der Waals surface area (Å²) in [5, 5.41) is 0. The van der Waals surface area contributed by atoms with Gasteiger partial charge in [0.25, 0.3) is 5.91 Å². The van der Waals surface area contributed by atoms with Gasteiger partial charge in [-0.3, -0.25) is 4.79 Å². The van der Waals surface area contributed by atoms with E-state index in [0.29, 0.717) is 22.6 Å². The van der Waals surface area contributed by atoms with Crippen molar-refractivity contribution in [3.63, 3.8) is 0 Å². The number of nitrogens with zero attached hydrogens (tertiary/aromatic N) is 1. The summed E-state index contributed by atoms with van der Waals surface area (Å²) in [6.07, 6.45) is -1.02. The molecule has 0 bridgehead atoms. The molecule has 0 N–H and O–H groups in total. The fraction of sp³-hybridized carbons (Fsp3) is 0.200. The van der Waals surface area contributed by atoms with Crippen LogP contribution in [0.4, 0.5) is 5.69 Å². The van der Waals surface area contributed by atoms with Gasteiger partial charge < -0.3 is 14.4 Å². The zero-order chi connectivity index (χ0) is 23.4. The number of methoxy groups -OCH3 is 1. The Hall–Kier alpha value is -3.65. The van der Waals surface area contributed by atoms with E-state index in [-0.39, 0.29) is 17.4 Å². The van der Waals surface area contributed by atoms with E-state index >= 15 is 0 Å². The second-order valence-electron chi connectivity index (χ2n) is 7.69. The van der Waals surface area contributed by atoms with Gasteiger partial charge in [-0.1, -0.05) is 36.4 Å². The van der Waals surface area contributed by atoms with Crippen molar-refractivity contribution in [3.05, 3.63) is 96.1 Å². The van der Waals surface area contributed by atoms with Crippen LogP contribution in [0.1, 0.15) is 20.7 Å². The molecule has 7 nitrogen and oxygen atoms in total. The third-order valence-electron chi connectivity index (χ3n) is 5.46. The highest BCUT2D eigenvalue weighted by Gasteiger charge is 2.46. The second-order valence-corrected chi connectivity index (χ2v) is 9.85. The van der Waals surface area contributed by atoms with Crippen molar-refractivity contribution in [3.8, 4) is 5.75 Å². The van der Waals surface area contributed by atoms with E-state index in [1.54, 1.807) is 84.9 Å². The molecule has 3 aromatic carbocycles. The fourth-order valence-corrected chi connectivity index (χ4v) is 5.66. The van der Waals surface area contributed by atoms with Gasteiger partial charge >= 0.3 is 5.97 Å². The zero-order valence-electron chi connectivity index (χ0n) is 18.0. The molecule has 0 saturated carbocycles. The maximum atomic E-state index is 13.6. The molecule has 1 saturated heterocycles. The fourth-order valence-electron chi connectivity index (χ4n) is 3.85. The molecule has 0 aliphatic carbocycles. The molecule has 1 heterocycles. The van der Waals surface area contributed by atoms with Gasteiger partial charge in [-0.25, -0.2) is 13.2 Å². The van der Waals surface area contributed by atoms with E-state index < -0.39 is 28.0 Å². The maximum Gasteiger partial charge on any atom is 0.338 e. The number of carbonyl (C=O) groups excluding carboxylic acids is 2. The minimum Gasteiger partial charge on any atom is -0.497 e. The summed E-state index contributed by atoms with van der Waals surface area (Å²) in [4.78, 5) is 27.7. The Morgan fingerprint density at radius 3 is 1.97 bits per heavy atom. The van der Waals surface area contributed by atoms with Gasteiger partial charge in [0.15, 0.2) is 9.84 Å². The highest BCUT2D eigenvalue weighted by molar-refractivity contribution is 7.91. The van der Waals surface area contributed by atoms with Crippen molar-refractivity contribution in [2.24, 2.45) is 0 Å². The number of hydrogen-bond donors (Lipinski definition) is 0. The summed E-state index contributed by atoms with van der Waals surface area (Å²) in [6.45, 7) is 0. The summed E-state index contributed by atoms with van der Waals surface area (Å²) in [7, 11) is -2.02. The van der Waals surface area contributed by atoms with Crippen molar-refractivity contribution >= 4 is 27.4 Å². The summed E-state index contributed by atoms with van der Waals surface area (Å²) in [5.41, 5.74) is 1.18. The van der Waals surface area contributed by atoms with E-state index in [2.05, 4.69) is 0 Å². The van der Waals surface area contributed by atoms with E-state index in [1.165, 1.54) is 12.0 Å². The van der Waals surface area contributed by atoms with Crippen molar-refractivity contribution in [1.29, 1.82) is 0 Å². The number of ether oxygens (including phenoxy) is 2. The zero-order valence-corrected chi connectivity index (χ0v) is 18.8. The Morgan fingerprint density at radius 1 is 0.818 bits per heavy atom. The Bertz CT molecular complexity index is 1230. The lowest BCUT2D eigenvalue weighted by atomic mass is 10.1. The quantitative estimate of drug-likeness (QED) is 0.519. The first-order valence-electron chi connectivity index (χ1n) is 10.4. The van der Waals surface area contributed by atoms with Gasteiger partial charge in [0, 0.05) is 11.3 Å². The van der Waals surface area contributed by atoms with Crippen LogP contribution in [-0.2, 0) is 14.6 Å². The molecule has 170 valence electrons. The van der Waals surface area contributed by atoms with Crippen LogP contribution in [0.3, 0.4) is 0 Å². The third-order valence-corrected chi connectivity index (χ3v) is 7.15. The summed E-state index contributed by atoms with van der Waals surface area (Å²) in [5.74, 6) is -1.10. The number of esters is 1. The first kappa shape index (κ1) is 22.5. The molecule has 0 aromatic heterocycles. The molecule has 1 fully saturated rings. The van der Waals surface area contributed by atoms with Crippen LogP contribution >= 0.6 is 0 Å². The molecule has 3 aromatic rings. The number of amides is 1. The van der Waals surface area contributed by atoms with E-state index in [4.69, 9.17) is 9.47 Å². The number of anilines is 1. The normalized spacial score (nSPS) is 18.9. The Labute approximate surface area is 192 Å². The first-order valence-corrected chi connectivity index (χ1v) is 12.2. The molecule has 0 unspecified atom stereocenters. The smallest absolute Gasteiger partial charge is 0.338 e. The molecule has 33 heavy (non-hydrogen) atoms. The SMILES string of the molecule is COc1ccc(N(C(=O)c2ccccc2)[C@H]2CS(=O)(=O)C[C@H]2OC(=O)c2ccccc2)cc1. The van der Waals surface area contributed by atoms with Crippen LogP contribution in [0.5, 0.6) is 5.75 Å². The molecular formula is C25H23NO6S. The van der Waals surface area contributed by atoms with Crippen molar-refractivity contribution in [2.75, 3.05) is 23.5 Å². The maximum absolute atomic E-state index is 13.6. The number of carbonyl (C=O) groups is 2. The van der Waals surface area contributed by atoms with Crippen LogP contribution in [0, 0.1) is 0 Å². The number of benzene rings is 3. The lowest BCUT2D eigenvalue weighted by Gasteiger charge is -2.32. The average molecular weight is 466 g/mol. The number of sulfone groups is 1. The average Bonchev–Trinajstić information content (AvgIpc) is 3.14. The van der Waals surface area contributed by atoms with E-state index in [0.717, 1.165) is 0 Å². The van der Waals surface area contributed by atoms with Gasteiger partial charge in [-0.05, 0) is 48.5 Å². The molecule has 1 amide bonds. The van der Waals surface area contributed by atoms with Crippen molar-refractivity contribution in [2.45, 2.75) is 12.1 Å². The monoisotopic (exact) mass is 465 g/mol. The van der Waals surface area contributed by atoms with Gasteiger partial charge in [0.1, 0.15) is 11.9 Å². The summed E-state index contributed by atoms with van der Waals surface area (Å²) >= 11 is 0. The van der Waals surface area contributed by atoms with Crippen LogP contribution in [0.25, 0.3) is 0 Å². The van der Waals surface area contributed by atoms with Crippen molar-refractivity contribution in [1.82, 2.24) is 0 Å². The lowest BCUT2D eigenvalue weighted by molar-refractivity contribution is 0.0314. The third kappa shape index (κ3) is 5.06.